The Morgan fingerprint density at radius 1 is 1.08 bits per heavy atom. The van der Waals surface area contributed by atoms with Crippen molar-refractivity contribution in [3.63, 3.8) is 0 Å². The van der Waals surface area contributed by atoms with Gasteiger partial charge in [-0.3, -0.25) is 24.1 Å². The molecule has 1 aromatic carbocycles. The first kappa shape index (κ1) is 35.2. The zero-order chi connectivity index (χ0) is 36.2. The first-order valence-corrected chi connectivity index (χ1v) is 19.6. The van der Waals surface area contributed by atoms with Crippen LogP contribution in [0.4, 0.5) is 4.79 Å². The molecule has 5 aliphatic rings. The number of nitrogens with zero attached hydrogens (tertiary/aromatic N) is 2. The third-order valence-electron chi connectivity index (χ3n) is 10.7. The average Bonchev–Trinajstić information content (AvgIpc) is 4.00. The van der Waals surface area contributed by atoms with Gasteiger partial charge in [0.15, 0.2) is 0 Å². The Balaban J connectivity index is 1.21. The van der Waals surface area contributed by atoms with Crippen LogP contribution in [0, 0.1) is 5.92 Å². The third-order valence-corrected chi connectivity index (χ3v) is 12.5. The van der Waals surface area contributed by atoms with Crippen LogP contribution in [0.5, 0.6) is 5.75 Å². The molecule has 274 valence electrons. The lowest BCUT2D eigenvalue weighted by atomic mass is 9.87. The molecule has 2 aromatic rings. The Kier molecular flexibility index (Phi) is 9.04. The maximum absolute atomic E-state index is 14.6. The minimum absolute atomic E-state index is 0.0707. The van der Waals surface area contributed by atoms with Gasteiger partial charge in [-0.15, -0.1) is 0 Å². The molecule has 7 rings (SSSR count). The standard InChI is InChI=1S/C37H47N5O8S/c1-35(2,3)50-34(46)39-28-14-8-6-4-5-7-11-23-19-37(23,33(45)41-51(47,48)24-15-16-24)40-31(43)29-20-36(22-42(29)32(28)44)18-17-26-25-12-9-10-13-27(25)38-21-30(26)49-36/h7,9-13,21,23-24,28-29H,4-6,8,14-20,22H2,1-3H3,(H,39,46)(H,40,43)(H,41,45)/b11-7-/t23-,28+,29+,36-,37-/m1/s1. The van der Waals surface area contributed by atoms with Crippen LogP contribution >= 0.6 is 0 Å². The predicted molar refractivity (Wildman–Crippen MR) is 188 cm³/mol. The summed E-state index contributed by atoms with van der Waals surface area (Å²) in [5, 5.41) is 6.07. The Morgan fingerprint density at radius 3 is 2.63 bits per heavy atom. The summed E-state index contributed by atoms with van der Waals surface area (Å²) < 4.78 is 40.1. The zero-order valence-corrected chi connectivity index (χ0v) is 30.2. The summed E-state index contributed by atoms with van der Waals surface area (Å²) in [6.07, 6.45) is 10.6. The van der Waals surface area contributed by atoms with Crippen LogP contribution in [0.2, 0.25) is 0 Å². The van der Waals surface area contributed by atoms with E-state index in [9.17, 15) is 27.6 Å². The topological polar surface area (TPSA) is 173 Å². The van der Waals surface area contributed by atoms with Gasteiger partial charge in [-0.25, -0.2) is 13.2 Å². The van der Waals surface area contributed by atoms with Gasteiger partial charge in [0.2, 0.25) is 21.8 Å². The molecule has 5 atom stereocenters. The quantitative estimate of drug-likeness (QED) is 0.397. The van der Waals surface area contributed by atoms with Crippen molar-refractivity contribution in [3.05, 3.63) is 48.2 Å². The summed E-state index contributed by atoms with van der Waals surface area (Å²) >= 11 is 0. The van der Waals surface area contributed by atoms with Crippen molar-refractivity contribution in [2.75, 3.05) is 6.54 Å². The van der Waals surface area contributed by atoms with E-state index in [0.717, 1.165) is 29.3 Å². The molecular weight excluding hydrogens is 675 g/mol. The van der Waals surface area contributed by atoms with E-state index in [1.54, 1.807) is 27.0 Å². The molecule has 3 aliphatic heterocycles. The number of rotatable bonds is 4. The highest BCUT2D eigenvalue weighted by atomic mass is 32.2. The van der Waals surface area contributed by atoms with Crippen molar-refractivity contribution in [1.82, 2.24) is 25.2 Å². The number of aryl methyl sites for hydroxylation is 1. The number of nitrogens with one attached hydrogen (secondary N) is 3. The number of benzene rings is 1. The number of allylic oxidation sites excluding steroid dienone is 1. The number of amides is 4. The first-order valence-electron chi connectivity index (χ1n) is 18.1. The number of carbonyl (C=O) groups is 4. The number of hydrogen-bond acceptors (Lipinski definition) is 9. The molecule has 1 aromatic heterocycles. The van der Waals surface area contributed by atoms with E-state index < -0.39 is 73.8 Å². The monoisotopic (exact) mass is 721 g/mol. The van der Waals surface area contributed by atoms with Gasteiger partial charge in [-0.2, -0.15) is 0 Å². The van der Waals surface area contributed by atoms with E-state index in [1.165, 1.54) is 4.90 Å². The molecule has 2 saturated carbocycles. The molecule has 51 heavy (non-hydrogen) atoms. The van der Waals surface area contributed by atoms with Gasteiger partial charge in [0.05, 0.1) is 23.5 Å². The number of alkyl carbamates (subject to hydrolysis) is 1. The van der Waals surface area contributed by atoms with Crippen molar-refractivity contribution >= 4 is 44.7 Å². The molecule has 1 saturated heterocycles. The molecule has 14 heteroatoms. The number of sulfonamides is 1. The van der Waals surface area contributed by atoms with Gasteiger partial charge in [-0.1, -0.05) is 43.2 Å². The van der Waals surface area contributed by atoms with Crippen molar-refractivity contribution in [2.45, 2.75) is 125 Å². The van der Waals surface area contributed by atoms with Crippen LogP contribution in [0.1, 0.15) is 90.5 Å². The van der Waals surface area contributed by atoms with Gasteiger partial charge in [0.25, 0.3) is 5.91 Å². The van der Waals surface area contributed by atoms with Crippen molar-refractivity contribution < 1.29 is 37.1 Å². The van der Waals surface area contributed by atoms with Crippen molar-refractivity contribution in [2.24, 2.45) is 5.92 Å². The van der Waals surface area contributed by atoms with Crippen LogP contribution in [-0.4, -0.2) is 82.7 Å². The number of aromatic nitrogens is 1. The normalized spacial score (nSPS) is 30.4. The lowest BCUT2D eigenvalue weighted by Gasteiger charge is -2.36. The average molecular weight is 722 g/mol. The molecule has 0 unspecified atom stereocenters. The SMILES string of the molecule is CC(C)(C)OC(=O)N[C@H]1CCCCC/C=C\[C@@H]2C[C@@]2(C(=O)NS(=O)(=O)C2CC2)NC(=O)[C@@H]2C[C@]3(CCc4c(cnc5ccccc45)O3)CN2C1=O. The van der Waals surface area contributed by atoms with E-state index >= 15 is 0 Å². The zero-order valence-electron chi connectivity index (χ0n) is 29.4. The van der Waals surface area contributed by atoms with Gasteiger partial charge in [0, 0.05) is 23.3 Å². The Hall–Kier alpha value is -4.20. The summed E-state index contributed by atoms with van der Waals surface area (Å²) in [6, 6.07) is 5.78. The second-order valence-electron chi connectivity index (χ2n) is 15.8. The lowest BCUT2D eigenvalue weighted by Crippen LogP contribution is -2.58. The molecular formula is C37H47N5O8S. The fourth-order valence-electron chi connectivity index (χ4n) is 7.75. The second kappa shape index (κ2) is 13.1. The highest BCUT2D eigenvalue weighted by Crippen LogP contribution is 2.47. The van der Waals surface area contributed by atoms with Crippen LogP contribution in [0.3, 0.4) is 0 Å². The number of fused-ring (bicyclic) bond motifs is 5. The van der Waals surface area contributed by atoms with Crippen LogP contribution in [0.25, 0.3) is 10.9 Å². The molecule has 4 amide bonds. The minimum atomic E-state index is -3.87. The van der Waals surface area contributed by atoms with E-state index in [1.807, 2.05) is 36.4 Å². The van der Waals surface area contributed by atoms with E-state index in [4.69, 9.17) is 9.47 Å². The van der Waals surface area contributed by atoms with Gasteiger partial charge >= 0.3 is 6.09 Å². The molecule has 13 nitrogen and oxygen atoms in total. The third kappa shape index (κ3) is 7.29. The predicted octanol–water partition coefficient (Wildman–Crippen LogP) is 3.80. The maximum atomic E-state index is 14.6. The first-order chi connectivity index (χ1) is 24.2. The minimum Gasteiger partial charge on any atom is -0.483 e. The number of para-hydroxylation sites is 1. The van der Waals surface area contributed by atoms with E-state index in [-0.39, 0.29) is 19.4 Å². The summed E-state index contributed by atoms with van der Waals surface area (Å²) in [7, 11) is -3.87. The maximum Gasteiger partial charge on any atom is 0.408 e. The number of ether oxygens (including phenoxy) is 2. The Morgan fingerprint density at radius 2 is 1.86 bits per heavy atom. The van der Waals surface area contributed by atoms with Crippen LogP contribution < -0.4 is 20.1 Å². The van der Waals surface area contributed by atoms with Crippen molar-refractivity contribution in [1.29, 1.82) is 0 Å². The van der Waals surface area contributed by atoms with Crippen molar-refractivity contribution in [3.8, 4) is 5.75 Å². The number of pyridine rings is 1. The number of carbonyl (C=O) groups excluding carboxylic acids is 4. The van der Waals surface area contributed by atoms with E-state index in [2.05, 4.69) is 20.3 Å². The molecule has 3 fully saturated rings. The van der Waals surface area contributed by atoms with Gasteiger partial charge in [-0.05, 0) is 78.2 Å². The Bertz CT molecular complexity index is 1890. The fraction of sp³-hybridized carbons (Fsp3) is 0.595. The second-order valence-corrected chi connectivity index (χ2v) is 17.8. The Labute approximate surface area is 298 Å². The number of hydrogen-bond donors (Lipinski definition) is 3. The summed E-state index contributed by atoms with van der Waals surface area (Å²) in [5.74, 6) is -1.60. The molecule has 1 spiro atoms. The summed E-state index contributed by atoms with van der Waals surface area (Å²) in [5.41, 5.74) is -1.35. The van der Waals surface area contributed by atoms with Gasteiger partial charge < -0.3 is 25.0 Å². The van der Waals surface area contributed by atoms with Gasteiger partial charge in [0.1, 0.15) is 34.6 Å². The summed E-state index contributed by atoms with van der Waals surface area (Å²) in [6.45, 7) is 5.30. The molecule has 2 aliphatic carbocycles. The molecule has 0 radical (unpaired) electrons. The highest BCUT2D eigenvalue weighted by molar-refractivity contribution is 7.91. The van der Waals surface area contributed by atoms with Crippen LogP contribution in [-0.2, 0) is 35.6 Å². The lowest BCUT2D eigenvalue weighted by molar-refractivity contribution is -0.141. The molecule has 4 heterocycles. The fourth-order valence-corrected chi connectivity index (χ4v) is 9.12. The van der Waals surface area contributed by atoms with Crippen LogP contribution in [0.15, 0.2) is 42.6 Å². The summed E-state index contributed by atoms with van der Waals surface area (Å²) in [4.78, 5) is 61.8. The largest absolute Gasteiger partial charge is 0.483 e. The highest BCUT2D eigenvalue weighted by Gasteiger charge is 2.63. The molecule has 0 bridgehead atoms. The smallest absolute Gasteiger partial charge is 0.408 e. The molecule has 3 N–H and O–H groups in total. The van der Waals surface area contributed by atoms with E-state index in [0.29, 0.717) is 50.7 Å².